The van der Waals surface area contributed by atoms with Crippen LogP contribution in [0.3, 0.4) is 0 Å². The second kappa shape index (κ2) is 5.78. The van der Waals surface area contributed by atoms with Crippen LogP contribution >= 0.6 is 0 Å². The van der Waals surface area contributed by atoms with Crippen molar-refractivity contribution in [1.82, 2.24) is 9.78 Å². The van der Waals surface area contributed by atoms with Crippen molar-refractivity contribution in [3.63, 3.8) is 0 Å². The van der Waals surface area contributed by atoms with Crippen molar-refractivity contribution in [2.24, 2.45) is 0 Å². The van der Waals surface area contributed by atoms with E-state index in [-0.39, 0.29) is 12.4 Å². The predicted octanol–water partition coefficient (Wildman–Crippen LogP) is 2.57. The molecule has 0 unspecified atom stereocenters. The van der Waals surface area contributed by atoms with Gasteiger partial charge in [-0.2, -0.15) is 5.10 Å². The fourth-order valence-electron chi connectivity index (χ4n) is 2.28. The van der Waals surface area contributed by atoms with Crippen molar-refractivity contribution >= 4 is 10.9 Å². The molecule has 0 aliphatic rings. The van der Waals surface area contributed by atoms with Crippen LogP contribution in [-0.4, -0.2) is 21.5 Å². The summed E-state index contributed by atoms with van der Waals surface area (Å²) in [4.78, 5) is 0. The number of para-hydroxylation sites is 1. The Bertz CT molecular complexity index is 843. The molecule has 1 aromatic heterocycles. The first-order valence-corrected chi connectivity index (χ1v) is 6.56. The average molecular weight is 280 g/mol. The van der Waals surface area contributed by atoms with Crippen molar-refractivity contribution in [1.29, 1.82) is 0 Å². The molecule has 0 fully saturated rings. The number of halogens is 1. The van der Waals surface area contributed by atoms with E-state index in [9.17, 15) is 4.39 Å². The van der Waals surface area contributed by atoms with Crippen molar-refractivity contribution in [3.05, 3.63) is 65.6 Å². The molecule has 0 aliphatic carbocycles. The molecule has 4 heteroatoms. The molecule has 1 heterocycles. The van der Waals surface area contributed by atoms with Gasteiger partial charge >= 0.3 is 0 Å². The summed E-state index contributed by atoms with van der Waals surface area (Å²) >= 11 is 0. The molecule has 3 nitrogen and oxygen atoms in total. The summed E-state index contributed by atoms with van der Waals surface area (Å²) in [6, 6.07) is 12.5. The summed E-state index contributed by atoms with van der Waals surface area (Å²) < 4.78 is 15.5. The Morgan fingerprint density at radius 1 is 1.19 bits per heavy atom. The third-order valence-corrected chi connectivity index (χ3v) is 3.15. The Kier molecular flexibility index (Phi) is 3.67. The summed E-state index contributed by atoms with van der Waals surface area (Å²) in [6.45, 7) is 0.231. The van der Waals surface area contributed by atoms with Crippen LogP contribution < -0.4 is 0 Å². The van der Waals surface area contributed by atoms with E-state index in [4.69, 9.17) is 5.11 Å². The highest BCUT2D eigenvalue weighted by atomic mass is 19.1. The van der Waals surface area contributed by atoms with Crippen LogP contribution in [0.25, 0.3) is 10.9 Å². The van der Waals surface area contributed by atoms with Gasteiger partial charge in [-0.25, -0.2) is 4.39 Å². The molecule has 0 bridgehead atoms. The molecule has 0 spiro atoms. The first-order chi connectivity index (χ1) is 10.3. The molecule has 0 atom stereocenters. The molecular weight excluding hydrogens is 267 g/mol. The van der Waals surface area contributed by atoms with E-state index in [1.54, 1.807) is 6.20 Å². The average Bonchev–Trinajstić information content (AvgIpc) is 2.88. The van der Waals surface area contributed by atoms with Gasteiger partial charge in [0.25, 0.3) is 0 Å². The molecule has 3 rings (SSSR count). The van der Waals surface area contributed by atoms with E-state index in [0.29, 0.717) is 12.1 Å². The third-order valence-electron chi connectivity index (χ3n) is 3.15. The number of fused-ring (bicyclic) bond motifs is 1. The number of hydrogen-bond donors (Lipinski definition) is 1. The van der Waals surface area contributed by atoms with Crippen LogP contribution in [0.15, 0.2) is 48.7 Å². The van der Waals surface area contributed by atoms with Crippen LogP contribution in [0, 0.1) is 17.7 Å². The number of nitrogens with zero attached hydrogens (tertiary/aromatic N) is 2. The van der Waals surface area contributed by atoms with E-state index in [2.05, 4.69) is 16.9 Å². The van der Waals surface area contributed by atoms with Gasteiger partial charge in [-0.3, -0.25) is 4.68 Å². The number of rotatable bonds is 2. The lowest BCUT2D eigenvalue weighted by atomic mass is 10.1. The zero-order chi connectivity index (χ0) is 14.7. The molecule has 0 amide bonds. The van der Waals surface area contributed by atoms with Crippen LogP contribution in [0.5, 0.6) is 0 Å². The first kappa shape index (κ1) is 13.3. The maximum Gasteiger partial charge on any atom is 0.124 e. The zero-order valence-electron chi connectivity index (χ0n) is 11.3. The number of aliphatic hydroxyl groups is 1. The number of aromatic nitrogens is 2. The SMILES string of the molecule is OCC#Cc1cc(F)cc(Cn2ncc3ccccc32)c1. The van der Waals surface area contributed by atoms with Crippen molar-refractivity contribution in [2.75, 3.05) is 6.61 Å². The molecule has 0 aliphatic heterocycles. The number of aliphatic hydroxyl groups excluding tert-OH is 1. The monoisotopic (exact) mass is 280 g/mol. The van der Waals surface area contributed by atoms with Gasteiger partial charge in [0, 0.05) is 10.9 Å². The summed E-state index contributed by atoms with van der Waals surface area (Å²) in [5.41, 5.74) is 2.34. The lowest BCUT2D eigenvalue weighted by molar-refractivity contribution is 0.350. The minimum absolute atomic E-state index is 0.240. The smallest absolute Gasteiger partial charge is 0.124 e. The number of benzene rings is 2. The maximum atomic E-state index is 13.6. The van der Waals surface area contributed by atoms with E-state index < -0.39 is 0 Å². The van der Waals surface area contributed by atoms with E-state index in [0.717, 1.165) is 16.5 Å². The first-order valence-electron chi connectivity index (χ1n) is 6.56. The largest absolute Gasteiger partial charge is 0.384 e. The summed E-state index contributed by atoms with van der Waals surface area (Å²) in [5.74, 6) is 4.91. The minimum Gasteiger partial charge on any atom is -0.384 e. The molecule has 3 aromatic rings. The highest BCUT2D eigenvalue weighted by Gasteiger charge is 2.05. The molecule has 1 N–H and O–H groups in total. The van der Waals surface area contributed by atoms with Gasteiger partial charge in [0.2, 0.25) is 0 Å². The molecule has 0 saturated heterocycles. The van der Waals surface area contributed by atoms with E-state index in [1.165, 1.54) is 12.1 Å². The maximum absolute atomic E-state index is 13.6. The van der Waals surface area contributed by atoms with Gasteiger partial charge in [0.05, 0.1) is 18.3 Å². The molecule has 104 valence electrons. The van der Waals surface area contributed by atoms with Gasteiger partial charge in [0.15, 0.2) is 0 Å². The van der Waals surface area contributed by atoms with Crippen molar-refractivity contribution < 1.29 is 9.50 Å². The molecule has 0 saturated carbocycles. The predicted molar refractivity (Wildman–Crippen MR) is 79.2 cm³/mol. The molecule has 0 radical (unpaired) electrons. The Hall–Kier alpha value is -2.64. The van der Waals surface area contributed by atoms with Gasteiger partial charge in [-0.05, 0) is 29.8 Å². The van der Waals surface area contributed by atoms with Gasteiger partial charge < -0.3 is 5.11 Å². The van der Waals surface area contributed by atoms with E-state index in [1.807, 2.05) is 35.0 Å². The highest BCUT2D eigenvalue weighted by molar-refractivity contribution is 5.78. The van der Waals surface area contributed by atoms with Crippen LogP contribution in [0.4, 0.5) is 4.39 Å². The standard InChI is InChI=1S/C17H13FN2O/c18-16-9-13(4-3-7-21)8-14(10-16)12-20-17-6-2-1-5-15(17)11-19-20/h1-2,5-6,8-11,21H,7,12H2. The number of hydrogen-bond acceptors (Lipinski definition) is 2. The summed E-state index contributed by atoms with van der Waals surface area (Å²) in [6.07, 6.45) is 1.79. The highest BCUT2D eigenvalue weighted by Crippen LogP contribution is 2.16. The van der Waals surface area contributed by atoms with Crippen LogP contribution in [0.2, 0.25) is 0 Å². The fourth-order valence-corrected chi connectivity index (χ4v) is 2.28. The topological polar surface area (TPSA) is 38.0 Å². The zero-order valence-corrected chi connectivity index (χ0v) is 11.3. The van der Waals surface area contributed by atoms with Crippen LogP contribution in [-0.2, 0) is 6.54 Å². The molecule has 21 heavy (non-hydrogen) atoms. The van der Waals surface area contributed by atoms with Gasteiger partial charge in [0.1, 0.15) is 12.4 Å². The van der Waals surface area contributed by atoms with Crippen molar-refractivity contribution in [2.45, 2.75) is 6.54 Å². The summed E-state index contributed by atoms with van der Waals surface area (Å²) in [5, 5.41) is 14.1. The Balaban J connectivity index is 1.96. The second-order valence-electron chi connectivity index (χ2n) is 4.67. The van der Waals surface area contributed by atoms with E-state index >= 15 is 0 Å². The van der Waals surface area contributed by atoms with Gasteiger partial charge in [-0.15, -0.1) is 0 Å². The van der Waals surface area contributed by atoms with Crippen molar-refractivity contribution in [3.8, 4) is 11.8 Å². The Labute approximate surface area is 121 Å². The third kappa shape index (κ3) is 2.93. The molecule has 2 aromatic carbocycles. The molecular formula is C17H13FN2O. The summed E-state index contributed by atoms with van der Waals surface area (Å²) in [7, 11) is 0. The Morgan fingerprint density at radius 2 is 2.05 bits per heavy atom. The fraction of sp³-hybridized carbons (Fsp3) is 0.118. The Morgan fingerprint density at radius 3 is 2.90 bits per heavy atom. The minimum atomic E-state index is -0.341. The second-order valence-corrected chi connectivity index (χ2v) is 4.67. The van der Waals surface area contributed by atoms with Crippen LogP contribution in [0.1, 0.15) is 11.1 Å². The quantitative estimate of drug-likeness (QED) is 0.733. The van der Waals surface area contributed by atoms with Gasteiger partial charge in [-0.1, -0.05) is 30.0 Å². The lowest BCUT2D eigenvalue weighted by Crippen LogP contribution is -2.02. The lowest BCUT2D eigenvalue weighted by Gasteiger charge is -2.05. The normalized spacial score (nSPS) is 10.4.